The minimum absolute atomic E-state index is 0.124. The quantitative estimate of drug-likeness (QED) is 0.842. The zero-order valence-electron chi connectivity index (χ0n) is 12.7. The van der Waals surface area contributed by atoms with Gasteiger partial charge in [-0.3, -0.25) is 4.79 Å². The highest BCUT2D eigenvalue weighted by molar-refractivity contribution is 5.97. The van der Waals surface area contributed by atoms with Gasteiger partial charge >= 0.3 is 6.61 Å². The molecule has 0 aliphatic heterocycles. The summed E-state index contributed by atoms with van der Waals surface area (Å²) >= 11 is 0. The lowest BCUT2D eigenvalue weighted by Crippen LogP contribution is -2.46. The molecule has 1 unspecified atom stereocenters. The standard InChI is InChI=1S/C16H21F3N2O2/c17-11-6-7-12(14(8-11)23-16(18)19)15(22)21-13(9-20)10-4-2-1-3-5-10/h6-8,10,13,16H,1-5,9,20H2,(H,21,22). The van der Waals surface area contributed by atoms with Gasteiger partial charge in [0.05, 0.1) is 5.56 Å². The maximum Gasteiger partial charge on any atom is 0.387 e. The van der Waals surface area contributed by atoms with Crippen molar-refractivity contribution in [3.63, 3.8) is 0 Å². The SMILES string of the molecule is NCC(NC(=O)c1ccc(F)cc1OC(F)F)C1CCCCC1. The number of ether oxygens (including phenoxy) is 1. The van der Waals surface area contributed by atoms with Crippen LogP contribution in [0.15, 0.2) is 18.2 Å². The first-order valence-electron chi connectivity index (χ1n) is 7.76. The van der Waals surface area contributed by atoms with E-state index >= 15 is 0 Å². The van der Waals surface area contributed by atoms with Crippen molar-refractivity contribution < 1.29 is 22.7 Å². The molecule has 0 bridgehead atoms. The number of hydrogen-bond donors (Lipinski definition) is 2. The summed E-state index contributed by atoms with van der Waals surface area (Å²) in [6, 6.07) is 2.72. The van der Waals surface area contributed by atoms with Gasteiger partial charge < -0.3 is 15.8 Å². The number of alkyl halides is 2. The van der Waals surface area contributed by atoms with E-state index in [1.165, 1.54) is 6.42 Å². The minimum Gasteiger partial charge on any atom is -0.434 e. The first-order chi connectivity index (χ1) is 11.0. The second kappa shape index (κ2) is 8.19. The molecular formula is C16H21F3N2O2. The van der Waals surface area contributed by atoms with Crippen LogP contribution in [0, 0.1) is 11.7 Å². The molecule has 1 aliphatic rings. The number of carbonyl (C=O) groups excluding carboxylic acids is 1. The van der Waals surface area contributed by atoms with Crippen LogP contribution in [0.4, 0.5) is 13.2 Å². The molecule has 1 atom stereocenters. The highest BCUT2D eigenvalue weighted by Crippen LogP contribution is 2.27. The van der Waals surface area contributed by atoms with Gasteiger partial charge in [0.1, 0.15) is 11.6 Å². The van der Waals surface area contributed by atoms with Gasteiger partial charge in [0, 0.05) is 18.7 Å². The number of carbonyl (C=O) groups is 1. The van der Waals surface area contributed by atoms with Crippen LogP contribution in [0.25, 0.3) is 0 Å². The molecule has 7 heteroatoms. The molecule has 0 spiro atoms. The van der Waals surface area contributed by atoms with Crippen LogP contribution in [0.5, 0.6) is 5.75 Å². The van der Waals surface area contributed by atoms with Gasteiger partial charge in [-0.1, -0.05) is 19.3 Å². The van der Waals surface area contributed by atoms with Gasteiger partial charge in [-0.2, -0.15) is 8.78 Å². The Morgan fingerprint density at radius 2 is 2.00 bits per heavy atom. The molecule has 3 N–H and O–H groups in total. The second-order valence-electron chi connectivity index (χ2n) is 5.73. The van der Waals surface area contributed by atoms with Crippen LogP contribution < -0.4 is 15.8 Å². The molecule has 1 amide bonds. The van der Waals surface area contributed by atoms with Crippen molar-refractivity contribution in [2.45, 2.75) is 44.8 Å². The number of nitrogens with one attached hydrogen (secondary N) is 1. The Bertz CT molecular complexity index is 534. The monoisotopic (exact) mass is 330 g/mol. The highest BCUT2D eigenvalue weighted by atomic mass is 19.3. The first-order valence-corrected chi connectivity index (χ1v) is 7.76. The average molecular weight is 330 g/mol. The van der Waals surface area contributed by atoms with Crippen molar-refractivity contribution in [2.75, 3.05) is 6.54 Å². The smallest absolute Gasteiger partial charge is 0.387 e. The van der Waals surface area contributed by atoms with Gasteiger partial charge in [0.2, 0.25) is 0 Å². The highest BCUT2D eigenvalue weighted by Gasteiger charge is 2.26. The predicted molar refractivity (Wildman–Crippen MR) is 79.9 cm³/mol. The van der Waals surface area contributed by atoms with E-state index in [0.29, 0.717) is 0 Å². The molecule has 0 aromatic heterocycles. The zero-order valence-corrected chi connectivity index (χ0v) is 12.7. The molecule has 1 fully saturated rings. The number of halogens is 3. The van der Waals surface area contributed by atoms with Crippen LogP contribution >= 0.6 is 0 Å². The summed E-state index contributed by atoms with van der Waals surface area (Å²) in [6.07, 6.45) is 5.31. The fourth-order valence-corrected chi connectivity index (χ4v) is 3.03. The van der Waals surface area contributed by atoms with Crippen LogP contribution in [0.2, 0.25) is 0 Å². The molecule has 128 valence electrons. The normalized spacial score (nSPS) is 17.1. The third-order valence-electron chi connectivity index (χ3n) is 4.19. The van der Waals surface area contributed by atoms with Gasteiger partial charge in [-0.05, 0) is 30.9 Å². The number of hydrogen-bond acceptors (Lipinski definition) is 3. The maximum absolute atomic E-state index is 13.2. The Morgan fingerprint density at radius 1 is 1.30 bits per heavy atom. The Labute approximate surface area is 133 Å². The van der Waals surface area contributed by atoms with Gasteiger partial charge in [0.15, 0.2) is 0 Å². The van der Waals surface area contributed by atoms with Crippen molar-refractivity contribution in [1.29, 1.82) is 0 Å². The van der Waals surface area contributed by atoms with E-state index in [9.17, 15) is 18.0 Å². The predicted octanol–water partition coefficient (Wildman–Crippen LogP) is 3.06. The summed E-state index contributed by atoms with van der Waals surface area (Å²) in [5.74, 6) is -1.53. The van der Waals surface area contributed by atoms with Crippen LogP contribution in [-0.2, 0) is 0 Å². The number of rotatable bonds is 6. The summed E-state index contributed by atoms with van der Waals surface area (Å²) in [5.41, 5.74) is 5.62. The fraction of sp³-hybridized carbons (Fsp3) is 0.562. The summed E-state index contributed by atoms with van der Waals surface area (Å²) in [6.45, 7) is -2.87. The van der Waals surface area contributed by atoms with E-state index < -0.39 is 24.1 Å². The summed E-state index contributed by atoms with van der Waals surface area (Å²) in [7, 11) is 0. The average Bonchev–Trinajstić information content (AvgIpc) is 2.52. The number of nitrogens with two attached hydrogens (primary N) is 1. The Balaban J connectivity index is 2.12. The van der Waals surface area contributed by atoms with Crippen LogP contribution in [0.3, 0.4) is 0 Å². The Morgan fingerprint density at radius 3 is 2.61 bits per heavy atom. The zero-order chi connectivity index (χ0) is 16.8. The van der Waals surface area contributed by atoms with Gasteiger partial charge in [0.25, 0.3) is 5.91 Å². The van der Waals surface area contributed by atoms with E-state index in [1.807, 2.05) is 0 Å². The summed E-state index contributed by atoms with van der Waals surface area (Å²) < 4.78 is 42.3. The van der Waals surface area contributed by atoms with Crippen LogP contribution in [0.1, 0.15) is 42.5 Å². The van der Waals surface area contributed by atoms with Crippen LogP contribution in [-0.4, -0.2) is 25.1 Å². The molecular weight excluding hydrogens is 309 g/mol. The lowest BCUT2D eigenvalue weighted by atomic mass is 9.84. The molecule has 1 saturated carbocycles. The number of amides is 1. The first kappa shape index (κ1) is 17.6. The molecule has 0 radical (unpaired) electrons. The molecule has 1 aliphatic carbocycles. The summed E-state index contributed by atoms with van der Waals surface area (Å²) in [4.78, 5) is 12.4. The molecule has 0 heterocycles. The van der Waals surface area contributed by atoms with E-state index in [2.05, 4.69) is 10.1 Å². The van der Waals surface area contributed by atoms with E-state index in [-0.39, 0.29) is 24.1 Å². The molecule has 0 saturated heterocycles. The Kier molecular flexibility index (Phi) is 6.27. The van der Waals surface area contributed by atoms with Gasteiger partial charge in [-0.15, -0.1) is 0 Å². The van der Waals surface area contributed by atoms with Gasteiger partial charge in [-0.25, -0.2) is 4.39 Å². The lowest BCUT2D eigenvalue weighted by Gasteiger charge is -2.30. The molecule has 1 aromatic rings. The number of benzene rings is 1. The maximum atomic E-state index is 13.2. The van der Waals surface area contributed by atoms with Crippen molar-refractivity contribution in [3.05, 3.63) is 29.6 Å². The third-order valence-corrected chi connectivity index (χ3v) is 4.19. The third kappa shape index (κ3) is 4.86. The molecule has 1 aromatic carbocycles. The fourth-order valence-electron chi connectivity index (χ4n) is 3.03. The van der Waals surface area contributed by atoms with Crippen molar-refractivity contribution in [2.24, 2.45) is 11.7 Å². The lowest BCUT2D eigenvalue weighted by molar-refractivity contribution is -0.0503. The molecule has 2 rings (SSSR count). The Hall–Kier alpha value is -1.76. The molecule has 4 nitrogen and oxygen atoms in total. The van der Waals surface area contributed by atoms with Crippen molar-refractivity contribution >= 4 is 5.91 Å². The van der Waals surface area contributed by atoms with E-state index in [1.54, 1.807) is 0 Å². The minimum atomic E-state index is -3.13. The summed E-state index contributed by atoms with van der Waals surface area (Å²) in [5, 5.41) is 2.77. The van der Waals surface area contributed by atoms with Crippen molar-refractivity contribution in [1.82, 2.24) is 5.32 Å². The topological polar surface area (TPSA) is 64.3 Å². The van der Waals surface area contributed by atoms with E-state index in [4.69, 9.17) is 5.73 Å². The second-order valence-corrected chi connectivity index (χ2v) is 5.73. The molecule has 23 heavy (non-hydrogen) atoms. The van der Waals surface area contributed by atoms with E-state index in [0.717, 1.165) is 43.9 Å². The largest absolute Gasteiger partial charge is 0.434 e. The van der Waals surface area contributed by atoms with Crippen molar-refractivity contribution in [3.8, 4) is 5.75 Å².